The van der Waals surface area contributed by atoms with Crippen LogP contribution in [0, 0.1) is 6.92 Å². The summed E-state index contributed by atoms with van der Waals surface area (Å²) >= 11 is 0. The van der Waals surface area contributed by atoms with Crippen LogP contribution in [0.2, 0.25) is 0 Å². The third-order valence-corrected chi connectivity index (χ3v) is 2.73. The molecule has 0 amide bonds. The van der Waals surface area contributed by atoms with Gasteiger partial charge < -0.3 is 5.32 Å². The fourth-order valence-electron chi connectivity index (χ4n) is 1.94. The fraction of sp³-hybridized carbons (Fsp3) is 0.600. The molecular weight excluding hydrogens is 162 g/mol. The Kier molecular flexibility index (Phi) is 2.54. The number of hydrogen-bond acceptors (Lipinski definition) is 3. The fourth-order valence-corrected chi connectivity index (χ4v) is 1.94. The number of nitrogens with one attached hydrogen (secondary N) is 1. The van der Waals surface area contributed by atoms with Gasteiger partial charge in [0.25, 0.3) is 0 Å². The number of piperidine rings is 1. The Labute approximate surface area is 78.6 Å². The lowest BCUT2D eigenvalue weighted by atomic mass is 9.90. The van der Waals surface area contributed by atoms with Crippen LogP contribution in [0.5, 0.6) is 0 Å². The minimum Gasteiger partial charge on any atom is -0.317 e. The van der Waals surface area contributed by atoms with E-state index < -0.39 is 0 Å². The molecule has 2 rings (SSSR count). The van der Waals surface area contributed by atoms with Gasteiger partial charge in [0, 0.05) is 11.9 Å². The molecule has 0 aliphatic carbocycles. The first kappa shape index (κ1) is 8.63. The second-order valence-electron chi connectivity index (χ2n) is 3.59. The molecule has 1 aromatic heterocycles. The quantitative estimate of drug-likeness (QED) is 0.701. The standard InChI is InChI=1S/C10H15N3/c1-8-10(6-12-7-13-8)9-2-4-11-5-3-9/h6-7,9,11H,2-5H2,1H3. The Morgan fingerprint density at radius 3 is 2.85 bits per heavy atom. The number of aryl methyl sites for hydroxylation is 1. The van der Waals surface area contributed by atoms with Crippen molar-refractivity contribution in [2.45, 2.75) is 25.7 Å². The lowest BCUT2D eigenvalue weighted by molar-refractivity contribution is 0.457. The number of hydrogen-bond donors (Lipinski definition) is 1. The molecule has 70 valence electrons. The molecule has 13 heavy (non-hydrogen) atoms. The molecule has 0 radical (unpaired) electrons. The third kappa shape index (κ3) is 1.86. The second kappa shape index (κ2) is 3.83. The van der Waals surface area contributed by atoms with Gasteiger partial charge in [-0.1, -0.05) is 0 Å². The molecule has 0 unspecified atom stereocenters. The number of aromatic nitrogens is 2. The Balaban J connectivity index is 2.18. The first-order valence-corrected chi connectivity index (χ1v) is 4.85. The van der Waals surface area contributed by atoms with Crippen LogP contribution in [-0.2, 0) is 0 Å². The van der Waals surface area contributed by atoms with Gasteiger partial charge in [0.15, 0.2) is 0 Å². The summed E-state index contributed by atoms with van der Waals surface area (Å²) in [6.07, 6.45) is 6.03. The molecule has 0 atom stereocenters. The summed E-state index contributed by atoms with van der Waals surface area (Å²) < 4.78 is 0. The van der Waals surface area contributed by atoms with Crippen LogP contribution in [0.4, 0.5) is 0 Å². The number of nitrogens with zero attached hydrogens (tertiary/aromatic N) is 2. The maximum atomic E-state index is 4.22. The van der Waals surface area contributed by atoms with Crippen molar-refractivity contribution in [1.82, 2.24) is 15.3 Å². The molecule has 0 spiro atoms. The predicted molar refractivity (Wildman–Crippen MR) is 51.6 cm³/mol. The van der Waals surface area contributed by atoms with E-state index in [9.17, 15) is 0 Å². The van der Waals surface area contributed by atoms with Crippen LogP contribution in [-0.4, -0.2) is 23.1 Å². The third-order valence-electron chi connectivity index (χ3n) is 2.73. The molecule has 1 aromatic rings. The van der Waals surface area contributed by atoms with Gasteiger partial charge in [-0.2, -0.15) is 0 Å². The molecular formula is C10H15N3. The molecule has 2 heterocycles. The molecule has 3 nitrogen and oxygen atoms in total. The summed E-state index contributed by atoms with van der Waals surface area (Å²) in [6, 6.07) is 0. The van der Waals surface area contributed by atoms with E-state index in [0.717, 1.165) is 18.8 Å². The highest BCUT2D eigenvalue weighted by molar-refractivity contribution is 5.20. The summed E-state index contributed by atoms with van der Waals surface area (Å²) in [6.45, 7) is 4.32. The molecule has 1 aliphatic heterocycles. The van der Waals surface area contributed by atoms with Crippen LogP contribution in [0.15, 0.2) is 12.5 Å². The molecule has 1 saturated heterocycles. The van der Waals surface area contributed by atoms with Gasteiger partial charge in [-0.3, -0.25) is 0 Å². The first-order chi connectivity index (χ1) is 6.38. The summed E-state index contributed by atoms with van der Waals surface area (Å²) in [4.78, 5) is 8.31. The zero-order valence-electron chi connectivity index (χ0n) is 7.95. The maximum absolute atomic E-state index is 4.22. The van der Waals surface area contributed by atoms with Crippen LogP contribution in [0.25, 0.3) is 0 Å². The highest BCUT2D eigenvalue weighted by Gasteiger charge is 2.17. The zero-order valence-corrected chi connectivity index (χ0v) is 7.95. The van der Waals surface area contributed by atoms with Gasteiger partial charge in [0.2, 0.25) is 0 Å². The molecule has 1 aliphatic rings. The predicted octanol–water partition coefficient (Wildman–Crippen LogP) is 1.25. The Morgan fingerprint density at radius 1 is 1.38 bits per heavy atom. The monoisotopic (exact) mass is 177 g/mol. The van der Waals surface area contributed by atoms with Gasteiger partial charge in [-0.15, -0.1) is 0 Å². The molecule has 1 N–H and O–H groups in total. The van der Waals surface area contributed by atoms with Crippen molar-refractivity contribution in [3.05, 3.63) is 23.8 Å². The normalized spacial score (nSPS) is 18.8. The van der Waals surface area contributed by atoms with Crippen LogP contribution in [0.3, 0.4) is 0 Å². The van der Waals surface area contributed by atoms with E-state index in [-0.39, 0.29) is 0 Å². The van der Waals surface area contributed by atoms with Crippen molar-refractivity contribution in [3.63, 3.8) is 0 Å². The van der Waals surface area contributed by atoms with E-state index in [1.165, 1.54) is 18.4 Å². The summed E-state index contributed by atoms with van der Waals surface area (Å²) in [5.41, 5.74) is 2.48. The van der Waals surface area contributed by atoms with Gasteiger partial charge in [0.05, 0.1) is 0 Å². The summed E-state index contributed by atoms with van der Waals surface area (Å²) in [7, 11) is 0. The largest absolute Gasteiger partial charge is 0.317 e. The van der Waals surface area contributed by atoms with Gasteiger partial charge in [-0.05, 0) is 44.3 Å². The van der Waals surface area contributed by atoms with Gasteiger partial charge in [-0.25, -0.2) is 9.97 Å². The Hall–Kier alpha value is -0.960. The Morgan fingerprint density at radius 2 is 2.15 bits per heavy atom. The van der Waals surface area contributed by atoms with Crippen LogP contribution in [0.1, 0.15) is 30.0 Å². The maximum Gasteiger partial charge on any atom is 0.115 e. The topological polar surface area (TPSA) is 37.8 Å². The Bertz CT molecular complexity index is 279. The molecule has 0 bridgehead atoms. The lowest BCUT2D eigenvalue weighted by Crippen LogP contribution is -2.27. The number of rotatable bonds is 1. The average molecular weight is 177 g/mol. The van der Waals surface area contributed by atoms with E-state index in [4.69, 9.17) is 0 Å². The van der Waals surface area contributed by atoms with Crippen molar-refractivity contribution < 1.29 is 0 Å². The first-order valence-electron chi connectivity index (χ1n) is 4.85. The zero-order chi connectivity index (χ0) is 9.10. The van der Waals surface area contributed by atoms with Crippen LogP contribution < -0.4 is 5.32 Å². The van der Waals surface area contributed by atoms with Gasteiger partial charge >= 0.3 is 0 Å². The van der Waals surface area contributed by atoms with Gasteiger partial charge in [0.1, 0.15) is 6.33 Å². The minimum absolute atomic E-state index is 0.669. The summed E-state index contributed by atoms with van der Waals surface area (Å²) in [5, 5.41) is 3.36. The molecule has 1 fully saturated rings. The van der Waals surface area contributed by atoms with Crippen molar-refractivity contribution >= 4 is 0 Å². The van der Waals surface area contributed by atoms with E-state index in [2.05, 4.69) is 22.2 Å². The molecule has 0 aromatic carbocycles. The lowest BCUT2D eigenvalue weighted by Gasteiger charge is -2.23. The smallest absolute Gasteiger partial charge is 0.115 e. The average Bonchev–Trinajstić information content (AvgIpc) is 2.20. The highest BCUT2D eigenvalue weighted by Crippen LogP contribution is 2.25. The summed E-state index contributed by atoms with van der Waals surface area (Å²) in [5.74, 6) is 0.669. The SMILES string of the molecule is Cc1ncncc1C1CCNCC1. The van der Waals surface area contributed by atoms with E-state index in [0.29, 0.717) is 5.92 Å². The molecule has 3 heteroatoms. The minimum atomic E-state index is 0.669. The van der Waals surface area contributed by atoms with Crippen molar-refractivity contribution in [2.75, 3.05) is 13.1 Å². The van der Waals surface area contributed by atoms with Crippen molar-refractivity contribution in [1.29, 1.82) is 0 Å². The van der Waals surface area contributed by atoms with E-state index >= 15 is 0 Å². The molecule has 0 saturated carbocycles. The van der Waals surface area contributed by atoms with Crippen LogP contribution >= 0.6 is 0 Å². The van der Waals surface area contributed by atoms with Crippen molar-refractivity contribution in [3.8, 4) is 0 Å². The highest BCUT2D eigenvalue weighted by atomic mass is 14.9. The second-order valence-corrected chi connectivity index (χ2v) is 3.59. The van der Waals surface area contributed by atoms with Crippen molar-refractivity contribution in [2.24, 2.45) is 0 Å². The van der Waals surface area contributed by atoms with E-state index in [1.54, 1.807) is 6.33 Å². The van der Waals surface area contributed by atoms with E-state index in [1.807, 2.05) is 6.20 Å².